The Labute approximate surface area is 542 Å². The maximum absolute atomic E-state index is 10.1. The van der Waals surface area contributed by atoms with Gasteiger partial charge in [-0.25, -0.2) is 0 Å². The molecule has 0 aromatic heterocycles. The van der Waals surface area contributed by atoms with E-state index in [9.17, 15) is 39.6 Å². The molecule has 0 unspecified atom stereocenters. The molecule has 0 heterocycles. The van der Waals surface area contributed by atoms with Crippen molar-refractivity contribution in [3.05, 3.63) is 0 Å². The van der Waals surface area contributed by atoms with E-state index in [4.69, 9.17) is 0 Å². The van der Waals surface area contributed by atoms with Crippen molar-refractivity contribution in [1.82, 2.24) is 0 Å². The van der Waals surface area contributed by atoms with Gasteiger partial charge in [-0.15, -0.1) is 0 Å². The molecule has 0 bridgehead atoms. The van der Waals surface area contributed by atoms with E-state index in [-0.39, 0.29) is 231 Å². The Kier molecular flexibility index (Phi) is 105. The molecule has 0 aromatic rings. The van der Waals surface area contributed by atoms with Gasteiger partial charge < -0.3 is 39.6 Å². The Morgan fingerprint density at radius 3 is 0.417 bits per heavy atom. The molecular formula is C48H92K4O8. The summed E-state index contributed by atoms with van der Waals surface area (Å²) in [5.41, 5.74) is 0. The van der Waals surface area contributed by atoms with Crippen LogP contribution in [0.3, 0.4) is 0 Å². The van der Waals surface area contributed by atoms with E-state index in [1.54, 1.807) is 0 Å². The quantitative estimate of drug-likeness (QED) is 0.0539. The van der Waals surface area contributed by atoms with Crippen molar-refractivity contribution >= 4 is 23.9 Å². The molecule has 0 spiro atoms. The van der Waals surface area contributed by atoms with E-state index < -0.39 is 23.9 Å². The third-order valence-electron chi connectivity index (χ3n) is 9.94. The molecule has 0 aromatic carbocycles. The summed E-state index contributed by atoms with van der Waals surface area (Å²) >= 11 is 0. The number of carboxylic acids is 4. The number of rotatable bonds is 40. The molecule has 0 atom stereocenters. The molecule has 0 saturated carbocycles. The number of carbonyl (C=O) groups is 4. The normalized spacial score (nSPS) is 9.67. The van der Waals surface area contributed by atoms with Gasteiger partial charge in [-0.3, -0.25) is 0 Å². The Hall–Kier alpha value is 4.43. The van der Waals surface area contributed by atoms with Crippen molar-refractivity contribution in [1.29, 1.82) is 0 Å². The summed E-state index contributed by atoms with van der Waals surface area (Å²) in [5.74, 6) is -3.64. The average Bonchev–Trinajstić information content (AvgIpc) is 3.15. The molecule has 60 heavy (non-hydrogen) atoms. The Balaban J connectivity index is -0.0000000980. The third kappa shape index (κ3) is 100. The number of carbonyl (C=O) groups excluding carboxylic acids is 4. The van der Waals surface area contributed by atoms with Crippen LogP contribution in [0.25, 0.3) is 0 Å². The van der Waals surface area contributed by atoms with Gasteiger partial charge in [0.2, 0.25) is 0 Å². The van der Waals surface area contributed by atoms with Gasteiger partial charge in [0.15, 0.2) is 0 Å². The summed E-state index contributed by atoms with van der Waals surface area (Å²) in [6.45, 7) is 8.89. The van der Waals surface area contributed by atoms with Gasteiger partial charge in [-0.1, -0.05) is 233 Å². The van der Waals surface area contributed by atoms with Crippen LogP contribution < -0.4 is 226 Å². The van der Waals surface area contributed by atoms with E-state index in [1.165, 1.54) is 180 Å². The van der Waals surface area contributed by atoms with Crippen LogP contribution >= 0.6 is 0 Å². The van der Waals surface area contributed by atoms with Crippen molar-refractivity contribution in [2.75, 3.05) is 0 Å². The molecule has 0 N–H and O–H groups in total. The first-order valence-electron chi connectivity index (χ1n) is 23.9. The van der Waals surface area contributed by atoms with Gasteiger partial charge in [0.25, 0.3) is 0 Å². The SMILES string of the molecule is CCCCCCCCCCCC(=O)[O-].CCCCCCCCCCCC(=O)[O-].CCCCCCCCCCCC(=O)[O-].CCCCCCCCCCCC(=O)[O-].[K+].[K+].[K+].[K+]. The van der Waals surface area contributed by atoms with Crippen LogP contribution in [-0.4, -0.2) is 23.9 Å². The van der Waals surface area contributed by atoms with Crippen molar-refractivity contribution < 1.29 is 245 Å². The van der Waals surface area contributed by atoms with E-state index in [0.29, 0.717) is 0 Å². The first-order valence-corrected chi connectivity index (χ1v) is 23.9. The Morgan fingerprint density at radius 2 is 0.317 bits per heavy atom. The predicted octanol–water partition coefficient (Wildman–Crippen LogP) is -1.36. The Morgan fingerprint density at radius 1 is 0.217 bits per heavy atom. The molecule has 0 aliphatic heterocycles. The molecule has 0 radical (unpaired) electrons. The van der Waals surface area contributed by atoms with Gasteiger partial charge in [-0.2, -0.15) is 0 Å². The van der Waals surface area contributed by atoms with Gasteiger partial charge in [-0.05, 0) is 51.4 Å². The summed E-state index contributed by atoms with van der Waals surface area (Å²) in [6.07, 6.45) is 44.7. The van der Waals surface area contributed by atoms with Crippen molar-refractivity contribution in [3.63, 3.8) is 0 Å². The summed E-state index contributed by atoms with van der Waals surface area (Å²) in [5, 5.41) is 40.4. The second-order valence-corrected chi connectivity index (χ2v) is 15.8. The summed E-state index contributed by atoms with van der Waals surface area (Å²) < 4.78 is 0. The van der Waals surface area contributed by atoms with Crippen LogP contribution in [0.1, 0.15) is 285 Å². The molecule has 336 valence electrons. The zero-order valence-corrected chi connectivity index (χ0v) is 54.0. The minimum atomic E-state index is -0.909. The van der Waals surface area contributed by atoms with Crippen LogP contribution in [0.2, 0.25) is 0 Å². The van der Waals surface area contributed by atoms with Crippen LogP contribution in [0.4, 0.5) is 0 Å². The summed E-state index contributed by atoms with van der Waals surface area (Å²) in [6, 6.07) is 0. The van der Waals surface area contributed by atoms with Gasteiger partial charge in [0.05, 0.1) is 0 Å². The molecule has 0 amide bonds. The zero-order chi connectivity index (χ0) is 42.6. The molecule has 8 nitrogen and oxygen atoms in total. The van der Waals surface area contributed by atoms with E-state index in [1.807, 2.05) is 0 Å². The standard InChI is InChI=1S/4C12H24O2.4K/c4*1-2-3-4-5-6-7-8-9-10-11-12(13)14;;;;/h4*2-11H2,1H3,(H,13,14);;;;/q;;;;4*+1/p-4. The van der Waals surface area contributed by atoms with Crippen molar-refractivity contribution in [3.8, 4) is 0 Å². The predicted molar refractivity (Wildman–Crippen MR) is 227 cm³/mol. The smallest absolute Gasteiger partial charge is 0.550 e. The monoisotopic (exact) mass is 953 g/mol. The number of hydrogen-bond acceptors (Lipinski definition) is 8. The first kappa shape index (κ1) is 81.4. The number of carboxylic acid groups (broad SMARTS) is 4. The number of hydrogen-bond donors (Lipinski definition) is 0. The Bertz CT molecular complexity index is 678. The molecule has 0 aliphatic carbocycles. The molecule has 0 rings (SSSR count). The van der Waals surface area contributed by atoms with E-state index in [0.717, 1.165) is 51.4 Å². The molecule has 0 fully saturated rings. The summed E-state index contributed by atoms with van der Waals surface area (Å²) in [7, 11) is 0. The number of unbranched alkanes of at least 4 members (excludes halogenated alkanes) is 32. The van der Waals surface area contributed by atoms with Gasteiger partial charge in [0, 0.05) is 23.9 Å². The topological polar surface area (TPSA) is 161 Å². The molecule has 0 saturated heterocycles. The fraction of sp³-hybridized carbons (Fsp3) is 0.917. The summed E-state index contributed by atoms with van der Waals surface area (Å²) in [4.78, 5) is 40.4. The van der Waals surface area contributed by atoms with Crippen LogP contribution in [-0.2, 0) is 19.2 Å². The molecular weight excluding hydrogens is 861 g/mol. The first-order chi connectivity index (χ1) is 27.1. The van der Waals surface area contributed by atoms with Crippen molar-refractivity contribution in [2.24, 2.45) is 0 Å². The zero-order valence-electron chi connectivity index (χ0n) is 41.6. The fourth-order valence-corrected chi connectivity index (χ4v) is 6.32. The average molecular weight is 954 g/mol. The van der Waals surface area contributed by atoms with Crippen LogP contribution in [0.5, 0.6) is 0 Å². The minimum absolute atomic E-state index is 0. The van der Waals surface area contributed by atoms with Crippen LogP contribution in [0.15, 0.2) is 0 Å². The molecule has 12 heteroatoms. The van der Waals surface area contributed by atoms with E-state index in [2.05, 4.69) is 27.7 Å². The second-order valence-electron chi connectivity index (χ2n) is 15.8. The van der Waals surface area contributed by atoms with Gasteiger partial charge >= 0.3 is 206 Å². The number of aliphatic carboxylic acids is 4. The van der Waals surface area contributed by atoms with Crippen molar-refractivity contribution in [2.45, 2.75) is 285 Å². The van der Waals surface area contributed by atoms with Gasteiger partial charge in [0.1, 0.15) is 0 Å². The third-order valence-corrected chi connectivity index (χ3v) is 9.94. The fourth-order valence-electron chi connectivity index (χ4n) is 6.32. The second kappa shape index (κ2) is 77.6. The van der Waals surface area contributed by atoms with E-state index >= 15 is 0 Å². The minimum Gasteiger partial charge on any atom is -0.550 e. The van der Waals surface area contributed by atoms with Crippen LogP contribution in [0, 0.1) is 0 Å². The maximum Gasteiger partial charge on any atom is 1.00 e. The largest absolute Gasteiger partial charge is 1.00 e. The maximum atomic E-state index is 10.1. The molecule has 0 aliphatic rings.